The number of hydrogen-bond acceptors (Lipinski definition) is 3. The molecular formula is C42H24N2O. The molecule has 10 aromatic rings. The third kappa shape index (κ3) is 3.52. The van der Waals surface area contributed by atoms with Crippen LogP contribution < -0.4 is 0 Å². The molecule has 3 nitrogen and oxygen atoms in total. The number of aromatic nitrogens is 2. The number of fused-ring (bicyclic) bond motifs is 10. The number of nitrogens with zero attached hydrogens (tertiary/aromatic N) is 2. The van der Waals surface area contributed by atoms with Crippen molar-refractivity contribution in [1.29, 1.82) is 0 Å². The molecule has 0 saturated heterocycles. The molecule has 0 spiro atoms. The van der Waals surface area contributed by atoms with Crippen LogP contribution in [-0.2, 0) is 0 Å². The van der Waals surface area contributed by atoms with E-state index in [-0.39, 0.29) is 0 Å². The van der Waals surface area contributed by atoms with Crippen LogP contribution in [0.4, 0.5) is 0 Å². The first-order valence-electron chi connectivity index (χ1n) is 15.2. The van der Waals surface area contributed by atoms with E-state index in [1.54, 1.807) is 0 Å². The summed E-state index contributed by atoms with van der Waals surface area (Å²) >= 11 is 0. The average Bonchev–Trinajstić information content (AvgIpc) is 3.49. The van der Waals surface area contributed by atoms with Crippen LogP contribution in [0.2, 0.25) is 0 Å². The molecule has 0 bridgehead atoms. The molecule has 0 aliphatic rings. The van der Waals surface area contributed by atoms with Gasteiger partial charge in [0.05, 0.1) is 16.7 Å². The summed E-state index contributed by atoms with van der Waals surface area (Å²) in [6, 6.07) is 49.5. The molecule has 3 heteroatoms. The Morgan fingerprint density at radius 1 is 0.422 bits per heavy atom. The summed E-state index contributed by atoms with van der Waals surface area (Å²) < 4.78 is 6.46. The molecule has 0 atom stereocenters. The van der Waals surface area contributed by atoms with E-state index >= 15 is 0 Å². The van der Waals surface area contributed by atoms with Gasteiger partial charge in [0.2, 0.25) is 0 Å². The summed E-state index contributed by atoms with van der Waals surface area (Å²) in [6.07, 6.45) is 1.85. The fraction of sp³-hybridized carbons (Fsp3) is 0. The van der Waals surface area contributed by atoms with Gasteiger partial charge >= 0.3 is 0 Å². The highest BCUT2D eigenvalue weighted by Crippen LogP contribution is 2.45. The summed E-state index contributed by atoms with van der Waals surface area (Å²) in [4.78, 5) is 10.0. The fourth-order valence-electron chi connectivity index (χ4n) is 7.24. The lowest BCUT2D eigenvalue weighted by atomic mass is 9.87. The van der Waals surface area contributed by atoms with Gasteiger partial charge in [-0.15, -0.1) is 0 Å². The highest BCUT2D eigenvalue weighted by molar-refractivity contribution is 6.23. The van der Waals surface area contributed by atoms with E-state index in [0.29, 0.717) is 0 Å². The van der Waals surface area contributed by atoms with Crippen molar-refractivity contribution in [2.75, 3.05) is 0 Å². The zero-order chi connectivity index (χ0) is 29.5. The van der Waals surface area contributed by atoms with Crippen molar-refractivity contribution in [2.24, 2.45) is 0 Å². The van der Waals surface area contributed by atoms with Crippen molar-refractivity contribution in [3.63, 3.8) is 0 Å². The summed E-state index contributed by atoms with van der Waals surface area (Å²) in [5.74, 6) is 0. The summed E-state index contributed by atoms with van der Waals surface area (Å²) in [6.45, 7) is 0. The standard InChI is InChI=1S/C42H24N2O/c1-2-10-29-25(8-1)17-20-34-35-24-28(19-22-37(35)45-42(29)34)38-30-11-3-5-13-32(30)39(33-14-6-4-12-31(33)38)36-21-18-27-16-15-26-9-7-23-43-40(26)41(27)44-36/h1-24H. The van der Waals surface area contributed by atoms with Crippen molar-refractivity contribution in [1.82, 2.24) is 9.97 Å². The Hall–Kier alpha value is -6.06. The Labute approximate surface area is 258 Å². The molecule has 10 rings (SSSR count). The minimum Gasteiger partial charge on any atom is -0.455 e. The Balaban J connectivity index is 1.27. The van der Waals surface area contributed by atoms with E-state index in [0.717, 1.165) is 60.4 Å². The monoisotopic (exact) mass is 572 g/mol. The lowest BCUT2D eigenvalue weighted by Crippen LogP contribution is -1.93. The predicted molar refractivity (Wildman–Crippen MR) is 188 cm³/mol. The van der Waals surface area contributed by atoms with Crippen molar-refractivity contribution in [3.05, 3.63) is 146 Å². The third-order valence-electron chi connectivity index (χ3n) is 9.27. The van der Waals surface area contributed by atoms with Crippen LogP contribution in [0.25, 0.3) is 98.4 Å². The van der Waals surface area contributed by atoms with Crippen molar-refractivity contribution < 1.29 is 4.42 Å². The van der Waals surface area contributed by atoms with E-state index in [9.17, 15) is 0 Å². The van der Waals surface area contributed by atoms with Gasteiger partial charge < -0.3 is 4.42 Å². The molecule has 3 aromatic heterocycles. The molecule has 0 amide bonds. The maximum absolute atomic E-state index is 6.46. The van der Waals surface area contributed by atoms with Crippen LogP contribution in [-0.4, -0.2) is 9.97 Å². The molecule has 0 aliphatic carbocycles. The first-order chi connectivity index (χ1) is 22.3. The highest BCUT2D eigenvalue weighted by Gasteiger charge is 2.19. The number of furan rings is 1. The normalized spacial score (nSPS) is 12.0. The van der Waals surface area contributed by atoms with Crippen LogP contribution in [0.3, 0.4) is 0 Å². The molecule has 0 radical (unpaired) electrons. The highest BCUT2D eigenvalue weighted by atomic mass is 16.3. The van der Waals surface area contributed by atoms with Crippen LogP contribution in [0, 0.1) is 0 Å². The Morgan fingerprint density at radius 2 is 1.04 bits per heavy atom. The second-order valence-electron chi connectivity index (χ2n) is 11.7. The molecule has 0 fully saturated rings. The topological polar surface area (TPSA) is 38.9 Å². The fourth-order valence-corrected chi connectivity index (χ4v) is 7.24. The molecule has 45 heavy (non-hydrogen) atoms. The van der Waals surface area contributed by atoms with Gasteiger partial charge in [-0.3, -0.25) is 4.98 Å². The lowest BCUT2D eigenvalue weighted by Gasteiger charge is -2.17. The summed E-state index contributed by atoms with van der Waals surface area (Å²) in [7, 11) is 0. The van der Waals surface area contributed by atoms with E-state index in [1.807, 2.05) is 12.3 Å². The molecule has 0 N–H and O–H groups in total. The quantitative estimate of drug-likeness (QED) is 0.153. The van der Waals surface area contributed by atoms with E-state index < -0.39 is 0 Å². The average molecular weight is 573 g/mol. The zero-order valence-corrected chi connectivity index (χ0v) is 24.2. The summed E-state index contributed by atoms with van der Waals surface area (Å²) in [5.41, 5.74) is 8.16. The minimum absolute atomic E-state index is 0.900. The first kappa shape index (κ1) is 24.4. The number of hydrogen-bond donors (Lipinski definition) is 0. The Morgan fingerprint density at radius 3 is 1.82 bits per heavy atom. The molecular weight excluding hydrogens is 548 g/mol. The molecule has 0 aliphatic heterocycles. The maximum atomic E-state index is 6.46. The number of pyridine rings is 2. The first-order valence-corrected chi connectivity index (χ1v) is 15.2. The lowest BCUT2D eigenvalue weighted by molar-refractivity contribution is 0.672. The van der Waals surface area contributed by atoms with Gasteiger partial charge in [-0.25, -0.2) is 4.98 Å². The van der Waals surface area contributed by atoms with Gasteiger partial charge in [-0.05, 0) is 68.4 Å². The van der Waals surface area contributed by atoms with E-state index in [4.69, 9.17) is 14.4 Å². The Kier molecular flexibility index (Phi) is 5.00. The second kappa shape index (κ2) is 9.22. The van der Waals surface area contributed by atoms with Crippen molar-refractivity contribution >= 4 is 76.1 Å². The van der Waals surface area contributed by atoms with Crippen LogP contribution >= 0.6 is 0 Å². The zero-order valence-electron chi connectivity index (χ0n) is 24.2. The molecule has 3 heterocycles. The van der Waals surface area contributed by atoms with Crippen LogP contribution in [0.1, 0.15) is 0 Å². The van der Waals surface area contributed by atoms with E-state index in [1.165, 1.54) is 38.1 Å². The van der Waals surface area contributed by atoms with Gasteiger partial charge in [0.25, 0.3) is 0 Å². The number of benzene rings is 7. The van der Waals surface area contributed by atoms with Gasteiger partial charge in [0.15, 0.2) is 0 Å². The molecule has 0 saturated carbocycles. The van der Waals surface area contributed by atoms with Crippen LogP contribution in [0.5, 0.6) is 0 Å². The van der Waals surface area contributed by atoms with Crippen LogP contribution in [0.15, 0.2) is 150 Å². The van der Waals surface area contributed by atoms with Gasteiger partial charge in [-0.2, -0.15) is 0 Å². The van der Waals surface area contributed by atoms with Crippen molar-refractivity contribution in [2.45, 2.75) is 0 Å². The molecule has 7 aromatic carbocycles. The molecule has 208 valence electrons. The van der Waals surface area contributed by atoms with Crippen molar-refractivity contribution in [3.8, 4) is 22.4 Å². The van der Waals surface area contributed by atoms with Gasteiger partial charge in [0, 0.05) is 38.7 Å². The van der Waals surface area contributed by atoms with E-state index in [2.05, 4.69) is 133 Å². The maximum Gasteiger partial charge on any atom is 0.143 e. The van der Waals surface area contributed by atoms with Gasteiger partial charge in [0.1, 0.15) is 11.2 Å². The summed E-state index contributed by atoms with van der Waals surface area (Å²) in [5, 5.41) is 11.5. The largest absolute Gasteiger partial charge is 0.455 e. The second-order valence-corrected chi connectivity index (χ2v) is 11.7. The smallest absolute Gasteiger partial charge is 0.143 e. The minimum atomic E-state index is 0.900. The number of rotatable bonds is 2. The third-order valence-corrected chi connectivity index (χ3v) is 9.27. The molecule has 0 unspecified atom stereocenters. The predicted octanol–water partition coefficient (Wildman–Crippen LogP) is 11.5. The SMILES string of the molecule is c1ccc2c(c1)ccc1c3cc(-c4c5ccccc5c(-c5ccc6ccc7cccnc7c6n5)c5ccccc45)ccc3oc21. The Bertz CT molecular complexity index is 2770. The van der Waals surface area contributed by atoms with Gasteiger partial charge in [-0.1, -0.05) is 109 Å².